The standard InChI is InChI=1S/C20H27NO3/c1-4-23-10-11-24-19-9-8-18(13-20(19)22-3)15-21-14-17-7-5-6-16(2)12-17/h5-9,12-13,21H,4,10-11,14-15H2,1-3H3. The minimum atomic E-state index is 0.523. The van der Waals surface area contributed by atoms with Gasteiger partial charge in [0.25, 0.3) is 0 Å². The quantitative estimate of drug-likeness (QED) is 0.675. The Bertz CT molecular complexity index is 628. The van der Waals surface area contributed by atoms with Gasteiger partial charge in [-0.1, -0.05) is 35.9 Å². The first kappa shape index (κ1) is 18.3. The molecule has 0 fully saturated rings. The number of benzene rings is 2. The van der Waals surface area contributed by atoms with Crippen LogP contribution in [0.5, 0.6) is 11.5 Å². The molecule has 2 aromatic rings. The van der Waals surface area contributed by atoms with Crippen LogP contribution in [0, 0.1) is 6.92 Å². The van der Waals surface area contributed by atoms with Gasteiger partial charge in [-0.2, -0.15) is 0 Å². The molecule has 130 valence electrons. The third kappa shape index (κ3) is 5.87. The molecule has 0 aliphatic carbocycles. The van der Waals surface area contributed by atoms with Gasteiger partial charge in [-0.3, -0.25) is 0 Å². The number of hydrogen-bond donors (Lipinski definition) is 1. The Hall–Kier alpha value is -2.04. The fraction of sp³-hybridized carbons (Fsp3) is 0.400. The van der Waals surface area contributed by atoms with E-state index in [1.165, 1.54) is 11.1 Å². The summed E-state index contributed by atoms with van der Waals surface area (Å²) < 4.78 is 16.4. The normalized spacial score (nSPS) is 10.6. The Balaban J connectivity index is 1.86. The molecule has 0 heterocycles. The van der Waals surface area contributed by atoms with Crippen LogP contribution >= 0.6 is 0 Å². The predicted molar refractivity (Wildman–Crippen MR) is 96.7 cm³/mol. The lowest BCUT2D eigenvalue weighted by molar-refractivity contribution is 0.109. The average molecular weight is 329 g/mol. The smallest absolute Gasteiger partial charge is 0.161 e. The van der Waals surface area contributed by atoms with E-state index in [-0.39, 0.29) is 0 Å². The van der Waals surface area contributed by atoms with Crippen molar-refractivity contribution in [2.75, 3.05) is 26.9 Å². The topological polar surface area (TPSA) is 39.7 Å². The molecule has 0 unspecified atom stereocenters. The van der Waals surface area contributed by atoms with Crippen LogP contribution in [0.1, 0.15) is 23.6 Å². The average Bonchev–Trinajstić information content (AvgIpc) is 2.59. The third-order valence-electron chi connectivity index (χ3n) is 3.66. The minimum absolute atomic E-state index is 0.523. The monoisotopic (exact) mass is 329 g/mol. The Morgan fingerprint density at radius 1 is 0.917 bits per heavy atom. The van der Waals surface area contributed by atoms with Crippen molar-refractivity contribution in [3.05, 3.63) is 59.2 Å². The maximum atomic E-state index is 5.70. The number of nitrogens with one attached hydrogen (secondary N) is 1. The van der Waals surface area contributed by atoms with E-state index < -0.39 is 0 Å². The molecule has 1 N–H and O–H groups in total. The highest BCUT2D eigenvalue weighted by Gasteiger charge is 2.06. The maximum Gasteiger partial charge on any atom is 0.161 e. The number of hydrogen-bond acceptors (Lipinski definition) is 4. The van der Waals surface area contributed by atoms with E-state index in [1.807, 2.05) is 19.1 Å². The molecule has 0 amide bonds. The lowest BCUT2D eigenvalue weighted by atomic mass is 10.1. The van der Waals surface area contributed by atoms with Crippen molar-refractivity contribution in [2.24, 2.45) is 0 Å². The van der Waals surface area contributed by atoms with Crippen molar-refractivity contribution in [2.45, 2.75) is 26.9 Å². The maximum absolute atomic E-state index is 5.70. The second kappa shape index (κ2) is 9.96. The Morgan fingerprint density at radius 2 is 1.71 bits per heavy atom. The Morgan fingerprint density at radius 3 is 2.42 bits per heavy atom. The largest absolute Gasteiger partial charge is 0.493 e. The van der Waals surface area contributed by atoms with E-state index in [1.54, 1.807) is 7.11 Å². The van der Waals surface area contributed by atoms with Gasteiger partial charge >= 0.3 is 0 Å². The summed E-state index contributed by atoms with van der Waals surface area (Å²) in [6, 6.07) is 14.6. The second-order valence-corrected chi connectivity index (χ2v) is 5.62. The first-order chi connectivity index (χ1) is 11.7. The van der Waals surface area contributed by atoms with Gasteiger partial charge in [-0.25, -0.2) is 0 Å². The summed E-state index contributed by atoms with van der Waals surface area (Å²) in [6.07, 6.45) is 0. The molecule has 0 spiro atoms. The number of methoxy groups -OCH3 is 1. The molecule has 0 radical (unpaired) electrons. The van der Waals surface area contributed by atoms with Crippen LogP contribution < -0.4 is 14.8 Å². The minimum Gasteiger partial charge on any atom is -0.493 e. The van der Waals surface area contributed by atoms with Crippen molar-refractivity contribution < 1.29 is 14.2 Å². The van der Waals surface area contributed by atoms with Crippen LogP contribution in [-0.4, -0.2) is 26.9 Å². The summed E-state index contributed by atoms with van der Waals surface area (Å²) in [6.45, 7) is 7.51. The summed E-state index contributed by atoms with van der Waals surface area (Å²) >= 11 is 0. The zero-order valence-corrected chi connectivity index (χ0v) is 14.8. The van der Waals surface area contributed by atoms with Crippen LogP contribution in [0.25, 0.3) is 0 Å². The van der Waals surface area contributed by atoms with Gasteiger partial charge in [0.2, 0.25) is 0 Å². The molecule has 0 aromatic heterocycles. The molecular weight excluding hydrogens is 302 g/mol. The molecule has 2 aromatic carbocycles. The number of rotatable bonds is 10. The summed E-state index contributed by atoms with van der Waals surface area (Å²) in [5.74, 6) is 1.50. The zero-order chi connectivity index (χ0) is 17.2. The van der Waals surface area contributed by atoms with Crippen LogP contribution in [0.3, 0.4) is 0 Å². The SMILES string of the molecule is CCOCCOc1ccc(CNCc2cccc(C)c2)cc1OC. The van der Waals surface area contributed by atoms with E-state index in [4.69, 9.17) is 14.2 Å². The predicted octanol–water partition coefficient (Wildman–Crippen LogP) is 3.71. The fourth-order valence-corrected chi connectivity index (χ4v) is 2.47. The van der Waals surface area contributed by atoms with E-state index in [9.17, 15) is 0 Å². The fourth-order valence-electron chi connectivity index (χ4n) is 2.47. The van der Waals surface area contributed by atoms with Crippen molar-refractivity contribution in [1.29, 1.82) is 0 Å². The summed E-state index contributed by atoms with van der Waals surface area (Å²) in [7, 11) is 1.66. The van der Waals surface area contributed by atoms with Crippen molar-refractivity contribution >= 4 is 0 Å². The van der Waals surface area contributed by atoms with Crippen molar-refractivity contribution in [3.63, 3.8) is 0 Å². The molecule has 0 aliphatic heterocycles. The highest BCUT2D eigenvalue weighted by molar-refractivity contribution is 5.43. The van der Waals surface area contributed by atoms with Crippen molar-refractivity contribution in [1.82, 2.24) is 5.32 Å². The summed E-state index contributed by atoms with van der Waals surface area (Å²) in [5, 5.41) is 3.46. The van der Waals surface area contributed by atoms with Gasteiger partial charge in [-0.15, -0.1) is 0 Å². The molecule has 2 rings (SSSR count). The zero-order valence-electron chi connectivity index (χ0n) is 14.8. The van der Waals surface area contributed by atoms with E-state index in [2.05, 4.69) is 42.6 Å². The number of ether oxygens (including phenoxy) is 3. The first-order valence-corrected chi connectivity index (χ1v) is 8.36. The molecule has 0 bridgehead atoms. The first-order valence-electron chi connectivity index (χ1n) is 8.36. The summed E-state index contributed by atoms with van der Waals surface area (Å²) in [5.41, 5.74) is 3.74. The molecule has 0 saturated carbocycles. The van der Waals surface area contributed by atoms with Crippen LogP contribution in [0.15, 0.2) is 42.5 Å². The molecule has 0 aliphatic rings. The second-order valence-electron chi connectivity index (χ2n) is 5.62. The third-order valence-corrected chi connectivity index (χ3v) is 3.66. The lowest BCUT2D eigenvalue weighted by Gasteiger charge is -2.13. The van der Waals surface area contributed by atoms with Crippen molar-refractivity contribution in [3.8, 4) is 11.5 Å². The Kier molecular flexibility index (Phi) is 7.59. The van der Waals surface area contributed by atoms with Gasteiger partial charge in [0.1, 0.15) is 6.61 Å². The summed E-state index contributed by atoms with van der Waals surface area (Å²) in [4.78, 5) is 0. The van der Waals surface area contributed by atoms with E-state index >= 15 is 0 Å². The van der Waals surface area contributed by atoms with E-state index in [0.717, 1.165) is 30.2 Å². The molecule has 24 heavy (non-hydrogen) atoms. The van der Waals surface area contributed by atoms with Crippen LogP contribution in [-0.2, 0) is 17.8 Å². The Labute approximate surface area is 144 Å². The highest BCUT2D eigenvalue weighted by Crippen LogP contribution is 2.28. The van der Waals surface area contributed by atoms with Gasteiger partial charge < -0.3 is 19.5 Å². The number of aryl methyl sites for hydroxylation is 1. The van der Waals surface area contributed by atoms with Gasteiger partial charge in [-0.05, 0) is 37.1 Å². The van der Waals surface area contributed by atoms with E-state index in [0.29, 0.717) is 19.8 Å². The van der Waals surface area contributed by atoms with Crippen LogP contribution in [0.4, 0.5) is 0 Å². The van der Waals surface area contributed by atoms with Crippen LogP contribution in [0.2, 0.25) is 0 Å². The molecule has 0 saturated heterocycles. The molecule has 4 heteroatoms. The molecular formula is C20H27NO3. The van der Waals surface area contributed by atoms with Gasteiger partial charge in [0, 0.05) is 19.7 Å². The molecule has 4 nitrogen and oxygen atoms in total. The highest BCUT2D eigenvalue weighted by atomic mass is 16.5. The van der Waals surface area contributed by atoms with Gasteiger partial charge in [0.15, 0.2) is 11.5 Å². The molecule has 0 atom stereocenters. The van der Waals surface area contributed by atoms with Gasteiger partial charge in [0.05, 0.1) is 13.7 Å². The lowest BCUT2D eigenvalue weighted by Crippen LogP contribution is -2.13.